The lowest BCUT2D eigenvalue weighted by atomic mass is 10.2. The third kappa shape index (κ3) is 2.21. The molecule has 0 saturated carbocycles. The Labute approximate surface area is 113 Å². The second-order valence-electron chi connectivity index (χ2n) is 3.55. The van der Waals surface area contributed by atoms with Crippen LogP contribution in [-0.4, -0.2) is 9.55 Å². The van der Waals surface area contributed by atoms with Crippen molar-refractivity contribution in [3.63, 3.8) is 0 Å². The van der Waals surface area contributed by atoms with Crippen molar-refractivity contribution in [2.75, 3.05) is 0 Å². The number of imidazole rings is 1. The minimum absolute atomic E-state index is 0.219. The van der Waals surface area contributed by atoms with Crippen molar-refractivity contribution in [2.45, 2.75) is 6.42 Å². The maximum atomic E-state index is 8.70. The molecule has 0 radical (unpaired) electrons. The summed E-state index contributed by atoms with van der Waals surface area (Å²) in [4.78, 5) is 4.41. The van der Waals surface area contributed by atoms with E-state index in [9.17, 15) is 0 Å². The van der Waals surface area contributed by atoms with Gasteiger partial charge in [-0.1, -0.05) is 45.7 Å². The van der Waals surface area contributed by atoms with Crippen molar-refractivity contribution in [1.29, 1.82) is 5.26 Å². The first-order chi connectivity index (χ1) is 8.15. The Balaban J connectivity index is 2.58. The van der Waals surface area contributed by atoms with Crippen LogP contribution in [0.25, 0.3) is 11.4 Å². The van der Waals surface area contributed by atoms with Gasteiger partial charge in [-0.15, -0.1) is 0 Å². The molecule has 0 aliphatic rings. The number of aromatic nitrogens is 2. The molecule has 5 heteroatoms. The lowest BCUT2D eigenvalue weighted by molar-refractivity contribution is 0.923. The van der Waals surface area contributed by atoms with E-state index in [1.807, 2.05) is 31.3 Å². The van der Waals surface area contributed by atoms with Gasteiger partial charge in [0.2, 0.25) is 0 Å². The molecule has 0 amide bonds. The summed E-state index contributed by atoms with van der Waals surface area (Å²) in [6.07, 6.45) is 0.219. The van der Waals surface area contributed by atoms with Gasteiger partial charge in [0.05, 0.1) is 18.2 Å². The number of hydrogen-bond donors (Lipinski definition) is 0. The zero-order chi connectivity index (χ0) is 12.4. The molecule has 0 unspecified atom stereocenters. The number of halogens is 2. The predicted octanol–water partition coefficient (Wildman–Crippen LogP) is 3.57. The molecular weight excluding hydrogens is 302 g/mol. The Hall–Kier alpha value is -1.31. The topological polar surface area (TPSA) is 41.6 Å². The van der Waals surface area contributed by atoms with Crippen molar-refractivity contribution in [2.24, 2.45) is 7.05 Å². The summed E-state index contributed by atoms with van der Waals surface area (Å²) >= 11 is 9.61. The Bertz CT molecular complexity index is 598. The molecule has 1 heterocycles. The van der Waals surface area contributed by atoms with Crippen molar-refractivity contribution in [3.05, 3.63) is 39.6 Å². The summed E-state index contributed by atoms with van der Waals surface area (Å²) in [6, 6.07) is 9.84. The molecule has 3 nitrogen and oxygen atoms in total. The van der Waals surface area contributed by atoms with Crippen LogP contribution < -0.4 is 0 Å². The van der Waals surface area contributed by atoms with Crippen LogP contribution in [0.2, 0.25) is 5.15 Å². The summed E-state index contributed by atoms with van der Waals surface area (Å²) in [5.41, 5.74) is 1.57. The average molecular weight is 311 g/mol. The second-order valence-corrected chi connectivity index (χ2v) is 4.76. The lowest BCUT2D eigenvalue weighted by Gasteiger charge is -2.04. The molecule has 0 aliphatic heterocycles. The van der Waals surface area contributed by atoms with Crippen LogP contribution in [0.15, 0.2) is 28.7 Å². The van der Waals surface area contributed by atoms with Crippen LogP contribution in [0.1, 0.15) is 5.69 Å². The van der Waals surface area contributed by atoms with Gasteiger partial charge in [0.25, 0.3) is 0 Å². The van der Waals surface area contributed by atoms with E-state index < -0.39 is 0 Å². The highest BCUT2D eigenvalue weighted by molar-refractivity contribution is 9.10. The van der Waals surface area contributed by atoms with Gasteiger partial charge in [-0.25, -0.2) is 4.98 Å². The van der Waals surface area contributed by atoms with Gasteiger partial charge in [-0.05, 0) is 6.07 Å². The highest BCUT2D eigenvalue weighted by atomic mass is 79.9. The first-order valence-electron chi connectivity index (χ1n) is 4.98. The minimum atomic E-state index is 0.219. The fourth-order valence-electron chi connectivity index (χ4n) is 1.61. The van der Waals surface area contributed by atoms with Crippen LogP contribution in [0.4, 0.5) is 0 Å². The first kappa shape index (κ1) is 12.2. The highest BCUT2D eigenvalue weighted by Crippen LogP contribution is 2.30. The van der Waals surface area contributed by atoms with E-state index >= 15 is 0 Å². The molecule has 0 spiro atoms. The number of benzene rings is 1. The second kappa shape index (κ2) is 4.91. The Morgan fingerprint density at radius 1 is 1.47 bits per heavy atom. The van der Waals surface area contributed by atoms with Gasteiger partial charge in [-0.3, -0.25) is 0 Å². The molecule has 0 fully saturated rings. The summed E-state index contributed by atoms with van der Waals surface area (Å²) in [6.45, 7) is 0. The normalized spacial score (nSPS) is 10.2. The van der Waals surface area contributed by atoms with Gasteiger partial charge in [0, 0.05) is 17.1 Å². The zero-order valence-corrected chi connectivity index (χ0v) is 11.5. The predicted molar refractivity (Wildman–Crippen MR) is 70.7 cm³/mol. The van der Waals surface area contributed by atoms with Crippen molar-refractivity contribution in [3.8, 4) is 17.5 Å². The van der Waals surface area contributed by atoms with Crippen LogP contribution in [0.5, 0.6) is 0 Å². The molecule has 0 bridgehead atoms. The average Bonchev–Trinajstić information content (AvgIpc) is 2.59. The molecule has 1 aromatic heterocycles. The molecule has 17 heavy (non-hydrogen) atoms. The van der Waals surface area contributed by atoms with Crippen molar-refractivity contribution < 1.29 is 0 Å². The van der Waals surface area contributed by atoms with Gasteiger partial charge in [0.15, 0.2) is 0 Å². The Kier molecular flexibility index (Phi) is 3.51. The third-order valence-corrected chi connectivity index (χ3v) is 3.62. The Morgan fingerprint density at radius 3 is 2.82 bits per heavy atom. The standard InChI is InChI=1S/C12H9BrClN3/c1-17-11(14)10(6-7-15)16-12(17)8-4-2-3-5-9(8)13/h2-5H,6H2,1H3. The molecule has 0 saturated heterocycles. The molecule has 2 rings (SSSR count). The van der Waals surface area contributed by atoms with E-state index in [-0.39, 0.29) is 6.42 Å². The number of hydrogen-bond acceptors (Lipinski definition) is 2. The fourth-order valence-corrected chi connectivity index (χ4v) is 2.26. The number of rotatable bonds is 2. The minimum Gasteiger partial charge on any atom is -0.318 e. The van der Waals surface area contributed by atoms with Crippen molar-refractivity contribution in [1.82, 2.24) is 9.55 Å². The van der Waals surface area contributed by atoms with E-state index in [1.165, 1.54) is 0 Å². The Morgan fingerprint density at radius 2 is 2.18 bits per heavy atom. The lowest BCUT2D eigenvalue weighted by Crippen LogP contribution is -1.93. The van der Waals surface area contributed by atoms with Gasteiger partial charge in [-0.2, -0.15) is 5.26 Å². The van der Waals surface area contributed by atoms with Crippen LogP contribution in [-0.2, 0) is 13.5 Å². The highest BCUT2D eigenvalue weighted by Gasteiger charge is 2.15. The van der Waals surface area contributed by atoms with E-state index in [1.54, 1.807) is 4.57 Å². The third-order valence-electron chi connectivity index (χ3n) is 2.45. The SMILES string of the molecule is Cn1c(-c2ccccc2Br)nc(CC#N)c1Cl. The summed E-state index contributed by atoms with van der Waals surface area (Å²) in [5.74, 6) is 0.757. The van der Waals surface area contributed by atoms with Gasteiger partial charge in [0.1, 0.15) is 11.0 Å². The quantitative estimate of drug-likeness (QED) is 0.851. The summed E-state index contributed by atoms with van der Waals surface area (Å²) < 4.78 is 2.74. The van der Waals surface area contributed by atoms with Crippen LogP contribution in [0.3, 0.4) is 0 Å². The van der Waals surface area contributed by atoms with Crippen molar-refractivity contribution >= 4 is 27.5 Å². The molecule has 2 aromatic rings. The maximum Gasteiger partial charge on any atom is 0.142 e. The smallest absolute Gasteiger partial charge is 0.142 e. The zero-order valence-electron chi connectivity index (χ0n) is 9.11. The van der Waals surface area contributed by atoms with Gasteiger partial charge < -0.3 is 4.57 Å². The monoisotopic (exact) mass is 309 g/mol. The maximum absolute atomic E-state index is 8.70. The van der Waals surface area contributed by atoms with E-state index in [2.05, 4.69) is 27.0 Å². The van der Waals surface area contributed by atoms with E-state index in [0.717, 1.165) is 15.9 Å². The molecular formula is C12H9BrClN3. The molecule has 0 atom stereocenters. The summed E-state index contributed by atoms with van der Waals surface area (Å²) in [7, 11) is 1.84. The number of nitriles is 1. The summed E-state index contributed by atoms with van der Waals surface area (Å²) in [5, 5.41) is 9.21. The molecule has 1 aromatic carbocycles. The molecule has 0 N–H and O–H groups in total. The molecule has 0 aliphatic carbocycles. The fraction of sp³-hybridized carbons (Fsp3) is 0.167. The largest absolute Gasteiger partial charge is 0.318 e. The molecule has 86 valence electrons. The van der Waals surface area contributed by atoms with Crippen LogP contribution in [0, 0.1) is 11.3 Å². The van der Waals surface area contributed by atoms with Gasteiger partial charge >= 0.3 is 0 Å². The van der Waals surface area contributed by atoms with Crippen LogP contribution >= 0.6 is 27.5 Å². The first-order valence-corrected chi connectivity index (χ1v) is 6.15. The van der Waals surface area contributed by atoms with E-state index in [0.29, 0.717) is 10.8 Å². The number of nitrogens with zero attached hydrogens (tertiary/aromatic N) is 3. The van der Waals surface area contributed by atoms with E-state index in [4.69, 9.17) is 16.9 Å².